The van der Waals surface area contributed by atoms with E-state index in [0.717, 1.165) is 43.2 Å². The molecule has 1 aliphatic heterocycles. The number of nitrogens with two attached hydrogens (primary N) is 1. The molecule has 0 unspecified atom stereocenters. The molecule has 0 aliphatic carbocycles. The number of morpholine rings is 1. The van der Waals surface area contributed by atoms with Crippen molar-refractivity contribution in [3.63, 3.8) is 0 Å². The Kier molecular flexibility index (Phi) is 6.43. The van der Waals surface area contributed by atoms with Crippen LogP contribution in [0.1, 0.15) is 13.8 Å². The van der Waals surface area contributed by atoms with Gasteiger partial charge in [0, 0.05) is 36.2 Å². The molecule has 4 N–H and O–H groups in total. The molecule has 4 rings (SSSR count). The summed E-state index contributed by atoms with van der Waals surface area (Å²) in [5.41, 5.74) is 9.39. The second-order valence-corrected chi connectivity index (χ2v) is 8.39. The maximum atomic E-state index is 9.84. The fourth-order valence-electron chi connectivity index (χ4n) is 3.38. The average Bonchev–Trinajstić information content (AvgIpc) is 2.79. The van der Waals surface area contributed by atoms with E-state index in [4.69, 9.17) is 15.2 Å². The Bertz CT molecular complexity index is 1040. The van der Waals surface area contributed by atoms with Crippen molar-refractivity contribution in [1.82, 2.24) is 9.97 Å². The highest BCUT2D eigenvalue weighted by molar-refractivity contribution is 5.69. The highest BCUT2D eigenvalue weighted by Crippen LogP contribution is 2.29. The Morgan fingerprint density at radius 3 is 2.56 bits per heavy atom. The molecule has 8 nitrogen and oxygen atoms in total. The summed E-state index contributed by atoms with van der Waals surface area (Å²) < 4.78 is 11.0. The Morgan fingerprint density at radius 2 is 1.88 bits per heavy atom. The molecule has 2 aromatic carbocycles. The Balaban J connectivity index is 1.45. The number of aliphatic hydroxyl groups is 1. The van der Waals surface area contributed by atoms with Crippen molar-refractivity contribution in [3.8, 4) is 17.0 Å². The summed E-state index contributed by atoms with van der Waals surface area (Å²) in [6.07, 6.45) is 1.71. The third-order valence-electron chi connectivity index (χ3n) is 5.04. The lowest BCUT2D eigenvalue weighted by molar-refractivity contribution is 0.0288. The molecule has 1 fully saturated rings. The molecule has 0 radical (unpaired) electrons. The topological polar surface area (TPSA) is 106 Å². The zero-order valence-electron chi connectivity index (χ0n) is 18.4. The molecule has 0 atom stereocenters. The number of nitrogen functional groups attached to an aromatic ring is 1. The van der Waals surface area contributed by atoms with E-state index < -0.39 is 5.60 Å². The zero-order chi connectivity index (χ0) is 22.6. The number of nitrogens with one attached hydrogen (secondary N) is 1. The predicted octanol–water partition coefficient (Wildman–Crippen LogP) is 3.46. The highest BCUT2D eigenvalue weighted by atomic mass is 16.5. The first-order chi connectivity index (χ1) is 15.4. The van der Waals surface area contributed by atoms with Gasteiger partial charge in [-0.25, -0.2) is 9.97 Å². The van der Waals surface area contributed by atoms with E-state index in [1.54, 1.807) is 26.1 Å². The van der Waals surface area contributed by atoms with Crippen LogP contribution in [-0.4, -0.2) is 53.6 Å². The van der Waals surface area contributed by atoms with Gasteiger partial charge in [-0.15, -0.1) is 0 Å². The van der Waals surface area contributed by atoms with Crippen LogP contribution < -0.4 is 20.7 Å². The minimum Gasteiger partial charge on any atom is -0.488 e. The van der Waals surface area contributed by atoms with E-state index in [-0.39, 0.29) is 6.61 Å². The largest absolute Gasteiger partial charge is 0.488 e. The van der Waals surface area contributed by atoms with Crippen LogP contribution in [0.3, 0.4) is 0 Å². The van der Waals surface area contributed by atoms with Crippen LogP contribution in [0, 0.1) is 0 Å². The summed E-state index contributed by atoms with van der Waals surface area (Å²) in [4.78, 5) is 11.3. The molecule has 3 aromatic rings. The summed E-state index contributed by atoms with van der Waals surface area (Å²) in [6.45, 7) is 6.86. The van der Waals surface area contributed by atoms with Crippen molar-refractivity contribution in [1.29, 1.82) is 0 Å². The molecule has 1 aliphatic rings. The van der Waals surface area contributed by atoms with Crippen LogP contribution in [0.5, 0.6) is 5.75 Å². The normalized spacial score (nSPS) is 14.3. The number of aromatic nitrogens is 2. The van der Waals surface area contributed by atoms with Crippen LogP contribution in [-0.2, 0) is 4.74 Å². The molecule has 0 amide bonds. The number of hydrogen-bond acceptors (Lipinski definition) is 8. The van der Waals surface area contributed by atoms with Gasteiger partial charge in [0.1, 0.15) is 12.4 Å². The Morgan fingerprint density at radius 1 is 1.12 bits per heavy atom. The number of benzene rings is 2. The van der Waals surface area contributed by atoms with Gasteiger partial charge in [-0.3, -0.25) is 0 Å². The number of nitrogens with zero attached hydrogens (tertiary/aromatic N) is 3. The van der Waals surface area contributed by atoms with Gasteiger partial charge in [0.25, 0.3) is 0 Å². The molecule has 168 valence electrons. The van der Waals surface area contributed by atoms with E-state index in [9.17, 15) is 5.11 Å². The van der Waals surface area contributed by atoms with Crippen molar-refractivity contribution in [3.05, 3.63) is 54.7 Å². The fourth-order valence-corrected chi connectivity index (χ4v) is 3.38. The molecule has 2 heterocycles. The van der Waals surface area contributed by atoms with Gasteiger partial charge < -0.3 is 30.5 Å². The molecule has 0 saturated carbocycles. The van der Waals surface area contributed by atoms with E-state index in [1.807, 2.05) is 30.3 Å². The summed E-state index contributed by atoms with van der Waals surface area (Å²) in [6, 6.07) is 15.5. The van der Waals surface area contributed by atoms with Gasteiger partial charge in [0.2, 0.25) is 5.95 Å². The molecule has 0 bridgehead atoms. The Labute approximate surface area is 188 Å². The van der Waals surface area contributed by atoms with Crippen LogP contribution in [0.2, 0.25) is 0 Å². The molecular formula is C24H29N5O3. The minimum atomic E-state index is -0.932. The molecule has 1 saturated heterocycles. The maximum Gasteiger partial charge on any atom is 0.227 e. The molecule has 1 aromatic heterocycles. The maximum absolute atomic E-state index is 9.84. The second kappa shape index (κ2) is 9.42. The first kappa shape index (κ1) is 21.9. The van der Waals surface area contributed by atoms with Crippen molar-refractivity contribution >= 4 is 23.0 Å². The number of rotatable bonds is 7. The number of ether oxygens (including phenoxy) is 2. The minimum absolute atomic E-state index is 0.155. The Hall–Kier alpha value is -3.36. The second-order valence-electron chi connectivity index (χ2n) is 8.39. The van der Waals surface area contributed by atoms with Gasteiger partial charge in [0.15, 0.2) is 0 Å². The van der Waals surface area contributed by atoms with Crippen LogP contribution in [0.15, 0.2) is 54.7 Å². The van der Waals surface area contributed by atoms with Gasteiger partial charge >= 0.3 is 0 Å². The fraction of sp³-hybridized carbons (Fsp3) is 0.333. The van der Waals surface area contributed by atoms with E-state index >= 15 is 0 Å². The third-order valence-corrected chi connectivity index (χ3v) is 5.04. The predicted molar refractivity (Wildman–Crippen MR) is 126 cm³/mol. The van der Waals surface area contributed by atoms with Gasteiger partial charge in [-0.1, -0.05) is 0 Å². The summed E-state index contributed by atoms with van der Waals surface area (Å²) in [5, 5.41) is 13.1. The molecule has 32 heavy (non-hydrogen) atoms. The summed E-state index contributed by atoms with van der Waals surface area (Å²) in [5.74, 6) is 1.03. The van der Waals surface area contributed by atoms with Crippen LogP contribution in [0.25, 0.3) is 11.3 Å². The first-order valence-corrected chi connectivity index (χ1v) is 10.7. The summed E-state index contributed by atoms with van der Waals surface area (Å²) >= 11 is 0. The van der Waals surface area contributed by atoms with Crippen LogP contribution >= 0.6 is 0 Å². The summed E-state index contributed by atoms with van der Waals surface area (Å²) in [7, 11) is 0. The monoisotopic (exact) mass is 435 g/mol. The van der Waals surface area contributed by atoms with Crippen LogP contribution in [0.4, 0.5) is 23.0 Å². The first-order valence-electron chi connectivity index (χ1n) is 10.7. The standard InChI is InChI=1S/C24H29N5O3/c1-24(2,30)16-32-22-8-3-17(15-20(22)25)21-9-10-26-23(28-21)27-18-4-6-19(7-5-18)29-11-13-31-14-12-29/h3-10,15,30H,11-14,16,25H2,1-2H3,(H,26,27,28). The lowest BCUT2D eigenvalue weighted by Crippen LogP contribution is -2.36. The number of anilines is 4. The SMILES string of the molecule is CC(C)(O)COc1ccc(-c2ccnc(Nc3ccc(N4CCOCC4)cc3)n2)cc1N. The lowest BCUT2D eigenvalue weighted by atomic mass is 10.1. The molecule has 8 heteroatoms. The van der Waals surface area contributed by atoms with Crippen molar-refractivity contribution in [2.45, 2.75) is 19.4 Å². The van der Waals surface area contributed by atoms with E-state index in [1.165, 1.54) is 5.69 Å². The van der Waals surface area contributed by atoms with Gasteiger partial charge in [-0.05, 0) is 62.4 Å². The van der Waals surface area contributed by atoms with Crippen molar-refractivity contribution in [2.24, 2.45) is 0 Å². The quantitative estimate of drug-likeness (QED) is 0.485. The van der Waals surface area contributed by atoms with Crippen molar-refractivity contribution < 1.29 is 14.6 Å². The molecular weight excluding hydrogens is 406 g/mol. The third kappa shape index (κ3) is 5.66. The van der Waals surface area contributed by atoms with Gasteiger partial charge in [-0.2, -0.15) is 0 Å². The molecule has 0 spiro atoms. The number of hydrogen-bond donors (Lipinski definition) is 3. The smallest absolute Gasteiger partial charge is 0.227 e. The average molecular weight is 436 g/mol. The van der Waals surface area contributed by atoms with Gasteiger partial charge in [0.05, 0.1) is 30.2 Å². The van der Waals surface area contributed by atoms with E-state index in [0.29, 0.717) is 17.4 Å². The zero-order valence-corrected chi connectivity index (χ0v) is 18.4. The highest BCUT2D eigenvalue weighted by Gasteiger charge is 2.15. The van der Waals surface area contributed by atoms with E-state index in [2.05, 4.69) is 32.3 Å². The van der Waals surface area contributed by atoms with Crippen molar-refractivity contribution in [2.75, 3.05) is 48.9 Å². The lowest BCUT2D eigenvalue weighted by Gasteiger charge is -2.28.